The lowest BCUT2D eigenvalue weighted by molar-refractivity contribution is -0.187. The number of carbonyl (C=O) groups is 4. The second kappa shape index (κ2) is 11.3. The van der Waals surface area contributed by atoms with Crippen LogP contribution in [0.25, 0.3) is 0 Å². The van der Waals surface area contributed by atoms with Gasteiger partial charge in [-0.05, 0) is 43.0 Å². The zero-order valence-corrected chi connectivity index (χ0v) is 23.6. The number of hydrogen-bond donors (Lipinski definition) is 0. The molecule has 2 aliphatic rings. The molecule has 0 saturated carbocycles. The molecule has 3 unspecified atom stereocenters. The number of halogens is 1. The van der Waals surface area contributed by atoms with Crippen molar-refractivity contribution in [2.45, 2.75) is 50.7 Å². The number of ether oxygens (including phenoxy) is 2. The van der Waals surface area contributed by atoms with Crippen molar-refractivity contribution in [3.8, 4) is 0 Å². The van der Waals surface area contributed by atoms with Crippen LogP contribution in [0.1, 0.15) is 43.6 Å². The van der Waals surface area contributed by atoms with Gasteiger partial charge in [0, 0.05) is 0 Å². The lowest BCUT2D eigenvalue weighted by Gasteiger charge is -2.51. The van der Waals surface area contributed by atoms with Gasteiger partial charge in [0.1, 0.15) is 5.70 Å². The third-order valence-corrected chi connectivity index (χ3v) is 7.60. The second-order valence-electron chi connectivity index (χ2n) is 10.2. The third-order valence-electron chi connectivity index (χ3n) is 7.30. The molecule has 9 heteroatoms. The maximum Gasteiger partial charge on any atom is 0.356 e. The van der Waals surface area contributed by atoms with Crippen LogP contribution in [0.4, 0.5) is 0 Å². The van der Waals surface area contributed by atoms with E-state index in [1.54, 1.807) is 38.1 Å². The molecule has 8 nitrogen and oxygen atoms in total. The Labute approximate surface area is 243 Å². The van der Waals surface area contributed by atoms with E-state index < -0.39 is 47.1 Å². The smallest absolute Gasteiger partial charge is 0.356 e. The second-order valence-corrected chi connectivity index (χ2v) is 10.5. The first kappa shape index (κ1) is 28.3. The van der Waals surface area contributed by atoms with Gasteiger partial charge in [-0.25, -0.2) is 4.79 Å². The number of rotatable bonds is 8. The summed E-state index contributed by atoms with van der Waals surface area (Å²) in [6.07, 6.45) is -2.14. The highest BCUT2D eigenvalue weighted by Gasteiger charge is 2.76. The molecule has 3 aromatic carbocycles. The van der Waals surface area contributed by atoms with Gasteiger partial charge in [-0.1, -0.05) is 103 Å². The molecule has 5 rings (SSSR count). The normalized spacial score (nSPS) is 21.2. The molecule has 2 aliphatic heterocycles. The highest BCUT2D eigenvalue weighted by molar-refractivity contribution is 6.25. The number of β-lactam (4-membered cyclic amide) rings is 1. The molecule has 0 N–H and O–H groups in total. The Morgan fingerprint density at radius 3 is 1.88 bits per heavy atom. The average molecular weight is 573 g/mol. The third kappa shape index (κ3) is 4.83. The van der Waals surface area contributed by atoms with E-state index in [1.165, 1.54) is 6.92 Å². The lowest BCUT2D eigenvalue weighted by Crippen LogP contribution is -2.80. The summed E-state index contributed by atoms with van der Waals surface area (Å²) in [4.78, 5) is 56.3. The van der Waals surface area contributed by atoms with E-state index in [-0.39, 0.29) is 12.1 Å². The zero-order valence-electron chi connectivity index (χ0n) is 22.8. The summed E-state index contributed by atoms with van der Waals surface area (Å²) in [6.45, 7) is 4.52. The number of esters is 1. The van der Waals surface area contributed by atoms with Crippen LogP contribution in [0.5, 0.6) is 0 Å². The number of Topliss-reactive ketones (excluding diaryl/α,β-unsaturated/α-hetero) is 1. The highest BCUT2D eigenvalue weighted by atomic mass is 35.5. The Morgan fingerprint density at radius 2 is 1.39 bits per heavy atom. The van der Waals surface area contributed by atoms with Crippen molar-refractivity contribution in [1.29, 1.82) is 0 Å². The summed E-state index contributed by atoms with van der Waals surface area (Å²) in [6, 6.07) is 27.4. The van der Waals surface area contributed by atoms with Crippen LogP contribution in [0.3, 0.4) is 0 Å². The van der Waals surface area contributed by atoms with Gasteiger partial charge in [-0.2, -0.15) is 0 Å². The minimum absolute atomic E-state index is 0.0741. The van der Waals surface area contributed by atoms with Crippen LogP contribution < -0.4 is 0 Å². The maximum atomic E-state index is 13.9. The summed E-state index contributed by atoms with van der Waals surface area (Å²) in [5.41, 5.74) is -0.831. The van der Waals surface area contributed by atoms with Crippen molar-refractivity contribution >= 4 is 35.2 Å². The number of alkyl halides is 1. The molecule has 0 aliphatic carbocycles. The topological polar surface area (TPSA) is 93.2 Å². The SMILES string of the molecule is CC(=O)C12C(=O)N(C(C(=O)OC(c3ccccc3)c3ccccc3)=C(C)C)C1OC(Cl)N2C(=O)Cc1ccccc1. The number of amides is 2. The molecule has 3 aromatic rings. The standard InChI is InChI=1S/C32H29ClN2O6/c1-20(2)26(28(38)40-27(23-15-9-5-10-16-23)24-17-11-6-12-18-24)34-29(39)32(21(3)36)30(34)41-31(33)35(32)25(37)19-22-13-7-4-8-14-22/h4-18,27,30-31H,19H2,1-3H3. The molecule has 2 amide bonds. The van der Waals surface area contributed by atoms with Gasteiger partial charge in [0.15, 0.2) is 18.1 Å². The summed E-state index contributed by atoms with van der Waals surface area (Å²) in [5, 5.41) is 0. The van der Waals surface area contributed by atoms with Gasteiger partial charge in [-0.3, -0.25) is 24.2 Å². The molecule has 0 aromatic heterocycles. The number of allylic oxidation sites excluding steroid dienone is 1. The first-order valence-corrected chi connectivity index (χ1v) is 13.6. The van der Waals surface area contributed by atoms with Crippen LogP contribution in [-0.2, 0) is 35.1 Å². The van der Waals surface area contributed by atoms with Crippen molar-refractivity contribution in [2.24, 2.45) is 0 Å². The van der Waals surface area contributed by atoms with Crippen molar-refractivity contribution in [3.05, 3.63) is 119 Å². The van der Waals surface area contributed by atoms with Crippen molar-refractivity contribution < 1.29 is 28.7 Å². The number of carbonyl (C=O) groups excluding carboxylic acids is 4. The number of hydrogen-bond acceptors (Lipinski definition) is 6. The number of likely N-dealkylation sites (tertiary alicyclic amines) is 1. The molecule has 0 bridgehead atoms. The molecular formula is C32H29ClN2O6. The van der Waals surface area contributed by atoms with Gasteiger partial charge in [0.25, 0.3) is 5.91 Å². The number of ketones is 1. The molecule has 3 atom stereocenters. The molecular weight excluding hydrogens is 544 g/mol. The van der Waals surface area contributed by atoms with E-state index >= 15 is 0 Å². The largest absolute Gasteiger partial charge is 0.448 e. The number of benzene rings is 3. The first-order valence-electron chi connectivity index (χ1n) is 13.2. The van der Waals surface area contributed by atoms with E-state index in [0.29, 0.717) is 11.1 Å². The Bertz CT molecular complexity index is 1470. The van der Waals surface area contributed by atoms with Crippen LogP contribution in [-0.4, -0.2) is 50.8 Å². The molecule has 2 fully saturated rings. The molecule has 0 spiro atoms. The van der Waals surface area contributed by atoms with Crippen LogP contribution >= 0.6 is 11.6 Å². The Morgan fingerprint density at radius 1 is 0.878 bits per heavy atom. The molecule has 210 valence electrons. The summed E-state index contributed by atoms with van der Waals surface area (Å²) < 4.78 is 11.9. The number of nitrogens with zero attached hydrogens (tertiary/aromatic N) is 2. The highest BCUT2D eigenvalue weighted by Crippen LogP contribution is 2.49. The van der Waals surface area contributed by atoms with E-state index in [4.69, 9.17) is 21.1 Å². The van der Waals surface area contributed by atoms with Crippen LogP contribution in [0.15, 0.2) is 102 Å². The van der Waals surface area contributed by atoms with E-state index in [2.05, 4.69) is 0 Å². The quantitative estimate of drug-likeness (QED) is 0.0967. The van der Waals surface area contributed by atoms with Gasteiger partial charge in [-0.15, -0.1) is 0 Å². The summed E-state index contributed by atoms with van der Waals surface area (Å²) in [5.74, 6) is -2.71. The summed E-state index contributed by atoms with van der Waals surface area (Å²) >= 11 is 6.46. The van der Waals surface area contributed by atoms with Gasteiger partial charge >= 0.3 is 5.97 Å². The van der Waals surface area contributed by atoms with Crippen LogP contribution in [0.2, 0.25) is 0 Å². The zero-order chi connectivity index (χ0) is 29.3. The first-order chi connectivity index (χ1) is 19.7. The summed E-state index contributed by atoms with van der Waals surface area (Å²) in [7, 11) is 0. The molecule has 0 radical (unpaired) electrons. The number of fused-ring (bicyclic) bond motifs is 1. The van der Waals surface area contributed by atoms with E-state index in [9.17, 15) is 19.2 Å². The minimum Gasteiger partial charge on any atom is -0.448 e. The van der Waals surface area contributed by atoms with E-state index in [1.807, 2.05) is 66.7 Å². The van der Waals surface area contributed by atoms with Gasteiger partial charge in [0.2, 0.25) is 17.1 Å². The van der Waals surface area contributed by atoms with Crippen molar-refractivity contribution in [1.82, 2.24) is 9.80 Å². The monoisotopic (exact) mass is 572 g/mol. The Kier molecular flexibility index (Phi) is 7.80. The van der Waals surface area contributed by atoms with Crippen molar-refractivity contribution in [3.63, 3.8) is 0 Å². The van der Waals surface area contributed by atoms with Crippen LogP contribution in [0, 0.1) is 0 Å². The predicted octanol–water partition coefficient (Wildman–Crippen LogP) is 4.73. The van der Waals surface area contributed by atoms with Crippen molar-refractivity contribution in [2.75, 3.05) is 0 Å². The van der Waals surface area contributed by atoms with Gasteiger partial charge in [0.05, 0.1) is 6.42 Å². The fourth-order valence-corrected chi connectivity index (χ4v) is 5.75. The average Bonchev–Trinajstić information content (AvgIpc) is 3.25. The Hall–Kier alpha value is -4.27. The fourth-order valence-electron chi connectivity index (χ4n) is 5.39. The predicted molar refractivity (Wildman–Crippen MR) is 151 cm³/mol. The minimum atomic E-state index is -1.99. The Balaban J connectivity index is 1.46. The maximum absolute atomic E-state index is 13.9. The molecule has 41 heavy (non-hydrogen) atoms. The fraction of sp³-hybridized carbons (Fsp3) is 0.250. The lowest BCUT2D eigenvalue weighted by atomic mass is 9.80. The van der Waals surface area contributed by atoms with E-state index in [0.717, 1.165) is 20.9 Å². The molecule has 2 saturated heterocycles. The van der Waals surface area contributed by atoms with Gasteiger partial charge < -0.3 is 9.47 Å². The molecule has 2 heterocycles.